The van der Waals surface area contributed by atoms with Crippen molar-refractivity contribution in [1.82, 2.24) is 0 Å². The molecule has 0 radical (unpaired) electrons. The molecule has 0 fully saturated rings. The van der Waals surface area contributed by atoms with Crippen LogP contribution in [-0.4, -0.2) is 26.8 Å². The van der Waals surface area contributed by atoms with Crippen molar-refractivity contribution in [2.24, 2.45) is 0 Å². The number of rotatable bonds is 6. The fraction of sp³-hybridized carbons (Fsp3) is 0.278. The average molecular weight is 300 g/mol. The number of ether oxygens (including phenoxy) is 3. The molecule has 0 saturated carbocycles. The van der Waals surface area contributed by atoms with E-state index in [-0.39, 0.29) is 12.6 Å². The molecule has 0 N–H and O–H groups in total. The molecule has 2 aromatic carbocycles. The van der Waals surface area contributed by atoms with Crippen molar-refractivity contribution in [2.45, 2.75) is 12.8 Å². The smallest absolute Gasteiger partial charge is 0.316 e. The van der Waals surface area contributed by atoms with Crippen molar-refractivity contribution in [3.8, 4) is 11.5 Å². The molecule has 4 nitrogen and oxygen atoms in total. The van der Waals surface area contributed by atoms with Crippen molar-refractivity contribution in [2.75, 3.05) is 20.8 Å². The Hall–Kier alpha value is -2.49. The second-order valence-corrected chi connectivity index (χ2v) is 4.89. The first-order valence-electron chi connectivity index (χ1n) is 7.06. The highest BCUT2D eigenvalue weighted by atomic mass is 16.5. The number of benzene rings is 2. The van der Waals surface area contributed by atoms with E-state index in [4.69, 9.17) is 14.2 Å². The van der Waals surface area contributed by atoms with Crippen molar-refractivity contribution < 1.29 is 19.0 Å². The van der Waals surface area contributed by atoms with Crippen LogP contribution in [0, 0.1) is 6.92 Å². The van der Waals surface area contributed by atoms with Gasteiger partial charge in [0.25, 0.3) is 0 Å². The Bertz CT molecular complexity index is 636. The quantitative estimate of drug-likeness (QED) is 0.768. The first-order chi connectivity index (χ1) is 10.7. The summed E-state index contributed by atoms with van der Waals surface area (Å²) in [7, 11) is 2.97. The largest absolute Gasteiger partial charge is 0.493 e. The Morgan fingerprint density at radius 3 is 2.27 bits per heavy atom. The normalized spacial score (nSPS) is 11.6. The summed E-state index contributed by atoms with van der Waals surface area (Å²) in [5.41, 5.74) is 1.94. The molecule has 116 valence electrons. The zero-order valence-corrected chi connectivity index (χ0v) is 13.0. The topological polar surface area (TPSA) is 44.8 Å². The zero-order chi connectivity index (χ0) is 15.9. The number of hydrogen-bond donors (Lipinski definition) is 0. The third-order valence-electron chi connectivity index (χ3n) is 3.52. The van der Waals surface area contributed by atoms with Crippen LogP contribution in [0.4, 0.5) is 0 Å². The Labute approximate surface area is 130 Å². The highest BCUT2D eigenvalue weighted by Gasteiger charge is 2.24. The van der Waals surface area contributed by atoms with E-state index >= 15 is 0 Å². The molecule has 0 saturated heterocycles. The first-order valence-corrected chi connectivity index (χ1v) is 7.06. The van der Waals surface area contributed by atoms with Crippen LogP contribution in [0.1, 0.15) is 17.0 Å². The van der Waals surface area contributed by atoms with Crippen molar-refractivity contribution >= 4 is 5.97 Å². The van der Waals surface area contributed by atoms with E-state index in [2.05, 4.69) is 0 Å². The predicted octanol–water partition coefficient (Wildman–Crippen LogP) is 3.34. The minimum atomic E-state index is -0.476. The van der Waals surface area contributed by atoms with Gasteiger partial charge in [-0.1, -0.05) is 36.4 Å². The summed E-state index contributed by atoms with van der Waals surface area (Å²) in [5, 5.41) is 0. The molecule has 0 aromatic heterocycles. The third-order valence-corrected chi connectivity index (χ3v) is 3.52. The molecular weight excluding hydrogens is 280 g/mol. The van der Waals surface area contributed by atoms with Gasteiger partial charge in [0.2, 0.25) is 0 Å². The zero-order valence-electron chi connectivity index (χ0n) is 13.0. The van der Waals surface area contributed by atoms with Crippen molar-refractivity contribution in [3.63, 3.8) is 0 Å². The Kier molecular flexibility index (Phi) is 5.42. The molecule has 1 unspecified atom stereocenters. The summed E-state index contributed by atoms with van der Waals surface area (Å²) in [6.07, 6.45) is 0. The van der Waals surface area contributed by atoms with Gasteiger partial charge in [-0.3, -0.25) is 4.79 Å². The van der Waals surface area contributed by atoms with Gasteiger partial charge in [0.15, 0.2) is 11.5 Å². The molecule has 2 rings (SSSR count). The third kappa shape index (κ3) is 3.58. The monoisotopic (exact) mass is 300 g/mol. The highest BCUT2D eigenvalue weighted by Crippen LogP contribution is 2.28. The summed E-state index contributed by atoms with van der Waals surface area (Å²) in [6, 6.07) is 15.1. The Morgan fingerprint density at radius 2 is 1.64 bits per heavy atom. The van der Waals surface area contributed by atoms with Gasteiger partial charge in [-0.15, -0.1) is 0 Å². The van der Waals surface area contributed by atoms with E-state index in [0.29, 0.717) is 11.5 Å². The number of esters is 1. The molecule has 2 aromatic rings. The van der Waals surface area contributed by atoms with Gasteiger partial charge in [0, 0.05) is 0 Å². The first kappa shape index (κ1) is 15.9. The number of hydrogen-bond acceptors (Lipinski definition) is 4. The molecule has 0 spiro atoms. The van der Waals surface area contributed by atoms with Gasteiger partial charge in [0.1, 0.15) is 12.5 Å². The maximum atomic E-state index is 12.1. The Balaban J connectivity index is 2.21. The van der Waals surface area contributed by atoms with Crippen LogP contribution in [0.25, 0.3) is 0 Å². The number of carbonyl (C=O) groups is 1. The predicted molar refractivity (Wildman–Crippen MR) is 84.4 cm³/mol. The minimum Gasteiger partial charge on any atom is -0.493 e. The fourth-order valence-electron chi connectivity index (χ4n) is 2.32. The Morgan fingerprint density at radius 1 is 1.00 bits per heavy atom. The van der Waals surface area contributed by atoms with Gasteiger partial charge in [-0.25, -0.2) is 0 Å². The molecule has 0 bridgehead atoms. The van der Waals surface area contributed by atoms with E-state index < -0.39 is 5.92 Å². The van der Waals surface area contributed by atoms with Crippen LogP contribution in [0.5, 0.6) is 11.5 Å². The lowest BCUT2D eigenvalue weighted by molar-refractivity contribution is -0.143. The summed E-state index contributed by atoms with van der Waals surface area (Å²) in [5.74, 6) is 0.448. The number of methoxy groups -OCH3 is 2. The van der Waals surface area contributed by atoms with E-state index in [1.165, 1.54) is 7.11 Å². The van der Waals surface area contributed by atoms with E-state index in [1.807, 2.05) is 55.5 Å². The van der Waals surface area contributed by atoms with Gasteiger partial charge >= 0.3 is 5.97 Å². The molecule has 4 heteroatoms. The second kappa shape index (κ2) is 7.50. The molecule has 0 amide bonds. The lowest BCUT2D eigenvalue weighted by atomic mass is 9.95. The van der Waals surface area contributed by atoms with Crippen molar-refractivity contribution in [1.29, 1.82) is 0 Å². The van der Waals surface area contributed by atoms with Crippen LogP contribution in [0.2, 0.25) is 0 Å². The van der Waals surface area contributed by atoms with Crippen LogP contribution in [0.15, 0.2) is 48.5 Å². The van der Waals surface area contributed by atoms with Crippen LogP contribution in [0.3, 0.4) is 0 Å². The molecule has 1 atom stereocenters. The minimum absolute atomic E-state index is 0.192. The van der Waals surface area contributed by atoms with Crippen LogP contribution in [-0.2, 0) is 9.53 Å². The lowest BCUT2D eigenvalue weighted by Gasteiger charge is -2.18. The fourth-order valence-corrected chi connectivity index (χ4v) is 2.32. The number of para-hydroxylation sites is 2. The van der Waals surface area contributed by atoms with E-state index in [1.54, 1.807) is 7.11 Å². The van der Waals surface area contributed by atoms with Gasteiger partial charge in [-0.05, 0) is 30.2 Å². The summed E-state index contributed by atoms with van der Waals surface area (Å²) >= 11 is 0. The SMILES string of the molecule is COC(=O)C(COc1ccccc1OC)c1ccccc1C. The highest BCUT2D eigenvalue weighted by molar-refractivity contribution is 5.78. The lowest BCUT2D eigenvalue weighted by Crippen LogP contribution is -2.22. The standard InChI is InChI=1S/C18H20O4/c1-13-8-4-5-9-14(13)15(18(19)21-3)12-22-17-11-7-6-10-16(17)20-2/h4-11,15H,12H2,1-3H3. The van der Waals surface area contributed by atoms with Gasteiger partial charge in [0.05, 0.1) is 14.2 Å². The van der Waals surface area contributed by atoms with E-state index in [0.717, 1.165) is 11.1 Å². The molecule has 22 heavy (non-hydrogen) atoms. The van der Waals surface area contributed by atoms with E-state index in [9.17, 15) is 4.79 Å². The average Bonchev–Trinajstić information content (AvgIpc) is 2.56. The summed E-state index contributed by atoms with van der Waals surface area (Å²) < 4.78 is 16.0. The second-order valence-electron chi connectivity index (χ2n) is 4.89. The maximum Gasteiger partial charge on any atom is 0.316 e. The van der Waals surface area contributed by atoms with Gasteiger partial charge < -0.3 is 14.2 Å². The molecule has 0 aliphatic heterocycles. The number of carbonyl (C=O) groups excluding carboxylic acids is 1. The molecule has 0 heterocycles. The maximum absolute atomic E-state index is 12.1. The summed E-state index contributed by atoms with van der Waals surface area (Å²) in [6.45, 7) is 2.16. The molecular formula is C18H20O4. The van der Waals surface area contributed by atoms with Crippen molar-refractivity contribution in [3.05, 3.63) is 59.7 Å². The van der Waals surface area contributed by atoms with Crippen LogP contribution >= 0.6 is 0 Å². The van der Waals surface area contributed by atoms with Gasteiger partial charge in [-0.2, -0.15) is 0 Å². The molecule has 0 aliphatic carbocycles. The molecule has 0 aliphatic rings. The summed E-state index contributed by atoms with van der Waals surface area (Å²) in [4.78, 5) is 12.1. The van der Waals surface area contributed by atoms with Crippen LogP contribution < -0.4 is 9.47 Å². The number of aryl methyl sites for hydroxylation is 1.